The first-order chi connectivity index (χ1) is 12.6. The van der Waals surface area contributed by atoms with Crippen molar-refractivity contribution < 1.29 is 49.3 Å². The molecule has 27 heavy (non-hydrogen) atoms. The SMILES string of the molecule is CC(=O)NC1C(C)OC(CO)C(O)C1OC1OC(C(=O)O)C(C)C(O)C1O. The molecule has 0 spiro atoms. The van der Waals surface area contributed by atoms with Gasteiger partial charge in [0.15, 0.2) is 12.4 Å². The molecule has 2 aliphatic heterocycles. The normalized spacial score (nSPS) is 45.3. The largest absolute Gasteiger partial charge is 0.479 e. The third-order valence-electron chi connectivity index (χ3n) is 4.98. The number of amides is 1. The van der Waals surface area contributed by atoms with Crippen LogP contribution in [-0.4, -0.2) is 99.1 Å². The van der Waals surface area contributed by atoms with Gasteiger partial charge in [0.2, 0.25) is 5.91 Å². The van der Waals surface area contributed by atoms with Crippen molar-refractivity contribution in [1.82, 2.24) is 5.32 Å². The Bertz CT molecular complexity index is 545. The van der Waals surface area contributed by atoms with Crippen molar-refractivity contribution in [3.63, 3.8) is 0 Å². The van der Waals surface area contributed by atoms with Crippen LogP contribution in [0, 0.1) is 5.92 Å². The van der Waals surface area contributed by atoms with E-state index in [1.807, 2.05) is 0 Å². The van der Waals surface area contributed by atoms with E-state index in [0.29, 0.717) is 0 Å². The molecular formula is C16H27NO10. The van der Waals surface area contributed by atoms with Gasteiger partial charge in [0.05, 0.1) is 24.9 Å². The van der Waals surface area contributed by atoms with Crippen LogP contribution < -0.4 is 5.32 Å². The first-order valence-electron chi connectivity index (χ1n) is 8.69. The molecular weight excluding hydrogens is 366 g/mol. The van der Waals surface area contributed by atoms with E-state index in [1.54, 1.807) is 6.92 Å². The van der Waals surface area contributed by atoms with Gasteiger partial charge in [0, 0.05) is 12.8 Å². The van der Waals surface area contributed by atoms with Crippen molar-refractivity contribution in [3.8, 4) is 0 Å². The number of aliphatic carboxylic acids is 1. The quantitative estimate of drug-likeness (QED) is 0.286. The molecule has 0 saturated carbocycles. The van der Waals surface area contributed by atoms with Crippen LogP contribution in [0.1, 0.15) is 20.8 Å². The van der Waals surface area contributed by atoms with Gasteiger partial charge in [0.25, 0.3) is 0 Å². The summed E-state index contributed by atoms with van der Waals surface area (Å²) in [6.45, 7) is 3.74. The number of hydrogen-bond donors (Lipinski definition) is 6. The van der Waals surface area contributed by atoms with Gasteiger partial charge in [-0.25, -0.2) is 4.79 Å². The van der Waals surface area contributed by atoms with Crippen molar-refractivity contribution >= 4 is 11.9 Å². The van der Waals surface area contributed by atoms with E-state index in [1.165, 1.54) is 13.8 Å². The Morgan fingerprint density at radius 3 is 2.22 bits per heavy atom. The molecule has 1 amide bonds. The highest BCUT2D eigenvalue weighted by atomic mass is 16.7. The molecule has 0 bridgehead atoms. The lowest BCUT2D eigenvalue weighted by Gasteiger charge is -2.47. The summed E-state index contributed by atoms with van der Waals surface area (Å²) in [4.78, 5) is 22.8. The smallest absolute Gasteiger partial charge is 0.333 e. The Morgan fingerprint density at radius 1 is 1.07 bits per heavy atom. The summed E-state index contributed by atoms with van der Waals surface area (Å²) in [5.74, 6) is -2.66. The number of carbonyl (C=O) groups is 2. The molecule has 0 aromatic carbocycles. The molecule has 2 fully saturated rings. The number of carboxylic acids is 1. The van der Waals surface area contributed by atoms with E-state index in [4.69, 9.17) is 14.2 Å². The number of aliphatic hydroxyl groups is 4. The third kappa shape index (κ3) is 4.57. The second-order valence-electron chi connectivity index (χ2n) is 6.98. The van der Waals surface area contributed by atoms with Crippen molar-refractivity contribution in [2.24, 2.45) is 5.92 Å². The predicted molar refractivity (Wildman–Crippen MR) is 87.4 cm³/mol. The number of aliphatic hydroxyl groups excluding tert-OH is 4. The van der Waals surface area contributed by atoms with Crippen molar-refractivity contribution in [2.75, 3.05) is 6.61 Å². The molecule has 2 heterocycles. The highest BCUT2D eigenvalue weighted by Gasteiger charge is 2.50. The van der Waals surface area contributed by atoms with Crippen molar-refractivity contribution in [3.05, 3.63) is 0 Å². The molecule has 11 nitrogen and oxygen atoms in total. The standard InChI is InChI=1S/C16H27NO10/c1-5-10(20)12(22)16(26-13(5)15(23)24)27-14-9(17-7(3)19)6(2)25-8(4-18)11(14)21/h5-6,8-14,16,18,20-22H,4H2,1-3H3,(H,17,19)(H,23,24). The summed E-state index contributed by atoms with van der Waals surface area (Å²) < 4.78 is 16.4. The lowest BCUT2D eigenvalue weighted by atomic mass is 9.90. The Hall–Kier alpha value is -1.34. The number of carbonyl (C=O) groups excluding carboxylic acids is 1. The monoisotopic (exact) mass is 393 g/mol. The maximum absolute atomic E-state index is 11.5. The van der Waals surface area contributed by atoms with E-state index in [2.05, 4.69) is 5.32 Å². The molecule has 2 rings (SSSR count). The Labute approximate surface area is 155 Å². The third-order valence-corrected chi connectivity index (χ3v) is 4.98. The summed E-state index contributed by atoms with van der Waals surface area (Å²) in [5, 5.41) is 52.0. The summed E-state index contributed by atoms with van der Waals surface area (Å²) in [7, 11) is 0. The van der Waals surface area contributed by atoms with Crippen LogP contribution in [0.25, 0.3) is 0 Å². The number of hydrogen-bond acceptors (Lipinski definition) is 9. The Kier molecular flexibility index (Phi) is 7.14. The van der Waals surface area contributed by atoms with Crippen LogP contribution >= 0.6 is 0 Å². The van der Waals surface area contributed by atoms with Crippen LogP contribution in [0.4, 0.5) is 0 Å². The zero-order chi connectivity index (χ0) is 20.5. The van der Waals surface area contributed by atoms with Gasteiger partial charge in [-0.2, -0.15) is 0 Å². The summed E-state index contributed by atoms with van der Waals surface area (Å²) in [5.41, 5.74) is 0. The maximum Gasteiger partial charge on any atom is 0.333 e. The van der Waals surface area contributed by atoms with E-state index in [9.17, 15) is 35.1 Å². The topological polar surface area (TPSA) is 175 Å². The van der Waals surface area contributed by atoms with E-state index in [0.717, 1.165) is 0 Å². The fraction of sp³-hybridized carbons (Fsp3) is 0.875. The predicted octanol–water partition coefficient (Wildman–Crippen LogP) is -2.82. The summed E-state index contributed by atoms with van der Waals surface area (Å²) >= 11 is 0. The Morgan fingerprint density at radius 2 is 1.70 bits per heavy atom. The van der Waals surface area contributed by atoms with E-state index in [-0.39, 0.29) is 0 Å². The van der Waals surface area contributed by atoms with Gasteiger partial charge in [-0.1, -0.05) is 6.92 Å². The van der Waals surface area contributed by atoms with Crippen LogP contribution in [0.15, 0.2) is 0 Å². The molecule has 2 aliphatic rings. The Balaban J connectivity index is 2.25. The molecule has 0 aromatic heterocycles. The van der Waals surface area contributed by atoms with Crippen LogP contribution in [-0.2, 0) is 23.8 Å². The number of carboxylic acid groups (broad SMARTS) is 1. The molecule has 156 valence electrons. The van der Waals surface area contributed by atoms with Crippen LogP contribution in [0.5, 0.6) is 0 Å². The van der Waals surface area contributed by atoms with Crippen LogP contribution in [0.3, 0.4) is 0 Å². The first-order valence-corrected chi connectivity index (χ1v) is 8.69. The molecule has 0 aromatic rings. The molecule has 6 N–H and O–H groups in total. The number of rotatable bonds is 5. The van der Waals surface area contributed by atoms with Crippen molar-refractivity contribution in [1.29, 1.82) is 0 Å². The minimum absolute atomic E-state index is 0.430. The lowest BCUT2D eigenvalue weighted by Crippen LogP contribution is -2.66. The lowest BCUT2D eigenvalue weighted by molar-refractivity contribution is -0.318. The van der Waals surface area contributed by atoms with E-state index < -0.39 is 79.5 Å². The van der Waals surface area contributed by atoms with Crippen LogP contribution in [0.2, 0.25) is 0 Å². The summed E-state index contributed by atoms with van der Waals surface area (Å²) in [6, 6.07) is -0.865. The first kappa shape index (κ1) is 22.0. The molecule has 2 saturated heterocycles. The number of ether oxygens (including phenoxy) is 3. The van der Waals surface area contributed by atoms with Gasteiger partial charge in [-0.3, -0.25) is 4.79 Å². The van der Waals surface area contributed by atoms with Gasteiger partial charge in [-0.15, -0.1) is 0 Å². The molecule has 10 unspecified atom stereocenters. The maximum atomic E-state index is 11.5. The van der Waals surface area contributed by atoms with Gasteiger partial charge < -0.3 is 45.1 Å². The van der Waals surface area contributed by atoms with Gasteiger partial charge in [0.1, 0.15) is 24.4 Å². The highest BCUT2D eigenvalue weighted by Crippen LogP contribution is 2.31. The molecule has 0 aliphatic carbocycles. The average Bonchev–Trinajstić information content (AvgIpc) is 2.60. The highest BCUT2D eigenvalue weighted by molar-refractivity contribution is 5.73. The minimum atomic E-state index is -1.58. The zero-order valence-corrected chi connectivity index (χ0v) is 15.3. The second kappa shape index (κ2) is 8.78. The molecule has 11 heteroatoms. The van der Waals surface area contributed by atoms with Gasteiger partial charge >= 0.3 is 5.97 Å². The van der Waals surface area contributed by atoms with Crippen molar-refractivity contribution in [2.45, 2.75) is 75.8 Å². The fourth-order valence-electron chi connectivity index (χ4n) is 3.43. The number of nitrogens with one attached hydrogen (secondary N) is 1. The molecule has 0 radical (unpaired) electrons. The zero-order valence-electron chi connectivity index (χ0n) is 15.3. The summed E-state index contributed by atoms with van der Waals surface area (Å²) in [6.07, 6.45) is -10.3. The second-order valence-corrected chi connectivity index (χ2v) is 6.98. The molecule has 10 atom stereocenters. The minimum Gasteiger partial charge on any atom is -0.479 e. The van der Waals surface area contributed by atoms with Gasteiger partial charge in [-0.05, 0) is 6.92 Å². The fourth-order valence-corrected chi connectivity index (χ4v) is 3.43. The average molecular weight is 393 g/mol. The van der Waals surface area contributed by atoms with E-state index >= 15 is 0 Å².